The molecule has 0 saturated carbocycles. The van der Waals surface area contributed by atoms with E-state index in [2.05, 4.69) is 4.90 Å². The molecule has 1 fully saturated rings. The van der Waals surface area contributed by atoms with Gasteiger partial charge in [0.25, 0.3) is 0 Å². The van der Waals surface area contributed by atoms with Gasteiger partial charge in [-0.1, -0.05) is 0 Å². The van der Waals surface area contributed by atoms with Gasteiger partial charge < -0.3 is 14.2 Å². The summed E-state index contributed by atoms with van der Waals surface area (Å²) >= 11 is 0. The Kier molecular flexibility index (Phi) is 7.19. The van der Waals surface area contributed by atoms with Gasteiger partial charge in [-0.2, -0.15) is 0 Å². The van der Waals surface area contributed by atoms with Gasteiger partial charge >= 0.3 is 0 Å². The van der Waals surface area contributed by atoms with E-state index in [0.29, 0.717) is 30.3 Å². The second kappa shape index (κ2) is 9.43. The molecule has 1 aromatic carbocycles. The van der Waals surface area contributed by atoms with Gasteiger partial charge in [0.05, 0.1) is 26.4 Å². The smallest absolute Gasteiger partial charge is 0.161 e. The van der Waals surface area contributed by atoms with Crippen LogP contribution >= 0.6 is 0 Å². The molecule has 1 aliphatic heterocycles. The zero-order valence-corrected chi connectivity index (χ0v) is 13.3. The Morgan fingerprint density at radius 3 is 2.73 bits per heavy atom. The fraction of sp³-hybridized carbons (Fsp3) is 0.588. The first-order chi connectivity index (χ1) is 10.8. The predicted molar refractivity (Wildman–Crippen MR) is 85.0 cm³/mol. The largest absolute Gasteiger partial charge is 0.490 e. The predicted octanol–water partition coefficient (Wildman–Crippen LogP) is 2.39. The summed E-state index contributed by atoms with van der Waals surface area (Å²) in [6, 6.07) is 5.27. The van der Waals surface area contributed by atoms with Crippen LogP contribution in [0.3, 0.4) is 0 Å². The molecule has 5 nitrogen and oxygen atoms in total. The van der Waals surface area contributed by atoms with Gasteiger partial charge in [-0.25, -0.2) is 0 Å². The molecular formula is C17H25NO4. The van der Waals surface area contributed by atoms with E-state index in [0.717, 1.165) is 52.0 Å². The second-order valence-electron chi connectivity index (χ2n) is 5.27. The lowest BCUT2D eigenvalue weighted by Gasteiger charge is -2.26. The van der Waals surface area contributed by atoms with Crippen molar-refractivity contribution in [1.82, 2.24) is 4.90 Å². The molecule has 1 aliphatic rings. The third-order valence-electron chi connectivity index (χ3n) is 3.63. The van der Waals surface area contributed by atoms with Crippen LogP contribution in [0.25, 0.3) is 0 Å². The number of hydrogen-bond donors (Lipinski definition) is 0. The van der Waals surface area contributed by atoms with E-state index in [-0.39, 0.29) is 0 Å². The van der Waals surface area contributed by atoms with Crippen molar-refractivity contribution in [1.29, 1.82) is 0 Å². The zero-order valence-electron chi connectivity index (χ0n) is 13.3. The fourth-order valence-corrected chi connectivity index (χ4v) is 2.43. The molecule has 0 N–H and O–H groups in total. The highest BCUT2D eigenvalue weighted by Crippen LogP contribution is 2.28. The monoisotopic (exact) mass is 307 g/mol. The van der Waals surface area contributed by atoms with Crippen LogP contribution in [-0.4, -0.2) is 57.2 Å². The summed E-state index contributed by atoms with van der Waals surface area (Å²) in [5, 5.41) is 0. The van der Waals surface area contributed by atoms with Crippen molar-refractivity contribution >= 4 is 6.29 Å². The van der Waals surface area contributed by atoms with Crippen molar-refractivity contribution in [3.05, 3.63) is 23.8 Å². The lowest BCUT2D eigenvalue weighted by molar-refractivity contribution is 0.0367. The van der Waals surface area contributed by atoms with Gasteiger partial charge in [0.1, 0.15) is 6.29 Å². The summed E-state index contributed by atoms with van der Waals surface area (Å²) in [6.07, 6.45) is 2.92. The van der Waals surface area contributed by atoms with Crippen LogP contribution in [-0.2, 0) is 4.74 Å². The van der Waals surface area contributed by atoms with Gasteiger partial charge in [0.15, 0.2) is 11.5 Å². The molecule has 122 valence electrons. The topological polar surface area (TPSA) is 48.0 Å². The molecule has 0 aromatic heterocycles. The van der Waals surface area contributed by atoms with E-state index in [4.69, 9.17) is 14.2 Å². The van der Waals surface area contributed by atoms with Crippen molar-refractivity contribution in [3.63, 3.8) is 0 Å². The van der Waals surface area contributed by atoms with E-state index in [1.54, 1.807) is 18.2 Å². The van der Waals surface area contributed by atoms with Gasteiger partial charge in [0.2, 0.25) is 0 Å². The highest BCUT2D eigenvalue weighted by molar-refractivity contribution is 5.76. The second-order valence-corrected chi connectivity index (χ2v) is 5.27. The van der Waals surface area contributed by atoms with Crippen LogP contribution in [0, 0.1) is 0 Å². The van der Waals surface area contributed by atoms with Crippen LogP contribution < -0.4 is 9.47 Å². The van der Waals surface area contributed by atoms with E-state index in [1.165, 1.54) is 0 Å². The molecule has 22 heavy (non-hydrogen) atoms. The molecule has 1 heterocycles. The summed E-state index contributed by atoms with van der Waals surface area (Å²) in [5.41, 5.74) is 0.600. The lowest BCUT2D eigenvalue weighted by Crippen LogP contribution is -2.36. The Hall–Kier alpha value is -1.59. The van der Waals surface area contributed by atoms with Crippen LogP contribution in [0.5, 0.6) is 11.5 Å². The number of hydrogen-bond acceptors (Lipinski definition) is 5. The first kappa shape index (κ1) is 16.8. The summed E-state index contributed by atoms with van der Waals surface area (Å²) in [4.78, 5) is 13.2. The number of carbonyl (C=O) groups is 1. The van der Waals surface area contributed by atoms with Gasteiger partial charge in [-0.15, -0.1) is 0 Å². The summed E-state index contributed by atoms with van der Waals surface area (Å²) in [5.74, 6) is 1.35. The summed E-state index contributed by atoms with van der Waals surface area (Å²) in [7, 11) is 0. The third-order valence-corrected chi connectivity index (χ3v) is 3.63. The van der Waals surface area contributed by atoms with E-state index in [1.807, 2.05) is 6.92 Å². The Morgan fingerprint density at radius 2 is 2.00 bits per heavy atom. The Bertz CT molecular complexity index is 458. The molecule has 0 spiro atoms. The van der Waals surface area contributed by atoms with Gasteiger partial charge in [-0.3, -0.25) is 9.69 Å². The highest BCUT2D eigenvalue weighted by atomic mass is 16.5. The van der Waals surface area contributed by atoms with Crippen LogP contribution in [0.2, 0.25) is 0 Å². The average Bonchev–Trinajstić information content (AvgIpc) is 2.57. The first-order valence-corrected chi connectivity index (χ1v) is 7.98. The Balaban J connectivity index is 1.72. The molecule has 0 radical (unpaired) electrons. The first-order valence-electron chi connectivity index (χ1n) is 7.98. The van der Waals surface area contributed by atoms with Gasteiger partial charge in [0, 0.05) is 18.7 Å². The van der Waals surface area contributed by atoms with Crippen molar-refractivity contribution in [2.24, 2.45) is 0 Å². The molecule has 0 atom stereocenters. The molecule has 0 amide bonds. The molecule has 1 saturated heterocycles. The van der Waals surface area contributed by atoms with Crippen molar-refractivity contribution < 1.29 is 19.0 Å². The van der Waals surface area contributed by atoms with E-state index >= 15 is 0 Å². The highest BCUT2D eigenvalue weighted by Gasteiger charge is 2.10. The van der Waals surface area contributed by atoms with Crippen molar-refractivity contribution in [2.75, 3.05) is 46.1 Å². The lowest BCUT2D eigenvalue weighted by atomic mass is 10.2. The third kappa shape index (κ3) is 5.31. The minimum Gasteiger partial charge on any atom is -0.490 e. The number of aldehydes is 1. The fourth-order valence-electron chi connectivity index (χ4n) is 2.43. The number of rotatable bonds is 9. The minimum atomic E-state index is 0.551. The molecule has 1 aromatic rings. The number of carbonyl (C=O) groups excluding carboxylic acids is 1. The van der Waals surface area contributed by atoms with Gasteiger partial charge in [-0.05, 0) is 44.5 Å². The maximum atomic E-state index is 10.8. The standard InChI is InChI=1S/C17H25NO4/c1-2-21-17-13-15(14-19)5-6-16(17)22-10-4-3-7-18-8-11-20-12-9-18/h5-6,13-14H,2-4,7-12H2,1H3. The molecule has 0 unspecified atom stereocenters. The number of morpholine rings is 1. The quantitative estimate of drug-likeness (QED) is 0.518. The zero-order chi connectivity index (χ0) is 15.6. The number of unbranched alkanes of at least 4 members (excludes halogenated alkanes) is 1. The van der Waals surface area contributed by atoms with Crippen molar-refractivity contribution in [3.8, 4) is 11.5 Å². The maximum Gasteiger partial charge on any atom is 0.161 e. The van der Waals surface area contributed by atoms with E-state index in [9.17, 15) is 4.79 Å². The Labute approximate surface area is 132 Å². The average molecular weight is 307 g/mol. The maximum absolute atomic E-state index is 10.8. The van der Waals surface area contributed by atoms with Crippen LogP contribution in [0.4, 0.5) is 0 Å². The number of benzene rings is 1. The summed E-state index contributed by atoms with van der Waals surface area (Å²) < 4.78 is 16.7. The van der Waals surface area contributed by atoms with E-state index < -0.39 is 0 Å². The summed E-state index contributed by atoms with van der Waals surface area (Å²) in [6.45, 7) is 7.97. The Morgan fingerprint density at radius 1 is 1.18 bits per heavy atom. The SMILES string of the molecule is CCOc1cc(C=O)ccc1OCCCCN1CCOCC1. The molecular weight excluding hydrogens is 282 g/mol. The van der Waals surface area contributed by atoms with Crippen LogP contribution in [0.1, 0.15) is 30.1 Å². The molecule has 0 bridgehead atoms. The molecule has 2 rings (SSSR count). The van der Waals surface area contributed by atoms with Crippen molar-refractivity contribution in [2.45, 2.75) is 19.8 Å². The normalized spacial score (nSPS) is 15.5. The van der Waals surface area contributed by atoms with Crippen LogP contribution in [0.15, 0.2) is 18.2 Å². The minimum absolute atomic E-state index is 0.551. The molecule has 5 heteroatoms. The molecule has 0 aliphatic carbocycles. The number of ether oxygens (including phenoxy) is 3. The number of nitrogens with zero attached hydrogens (tertiary/aromatic N) is 1.